The largest absolute Gasteiger partial charge is 0.380 e. The molecule has 1 unspecified atom stereocenters. The van der Waals surface area contributed by atoms with E-state index in [0.29, 0.717) is 11.4 Å². The summed E-state index contributed by atoms with van der Waals surface area (Å²) >= 11 is 0. The zero-order chi connectivity index (χ0) is 18.5. The second-order valence-electron chi connectivity index (χ2n) is 5.71. The van der Waals surface area contributed by atoms with Crippen LogP contribution < -0.4 is 16.0 Å². The number of benzene rings is 1. The number of hydrogen-bond acceptors (Lipinski definition) is 6. The lowest BCUT2D eigenvalue weighted by atomic mass is 10.2. The second-order valence-corrected chi connectivity index (χ2v) is 7.86. The van der Waals surface area contributed by atoms with Crippen molar-refractivity contribution < 1.29 is 17.9 Å². The molecule has 0 radical (unpaired) electrons. The first kappa shape index (κ1) is 20.4. The Kier molecular flexibility index (Phi) is 7.15. The molecule has 3 N–H and O–H groups in total. The Hall–Kier alpha value is -1.68. The molecule has 0 spiro atoms. The van der Waals surface area contributed by atoms with Crippen LogP contribution >= 0.6 is 0 Å². The summed E-state index contributed by atoms with van der Waals surface area (Å²) < 4.78 is 30.8. The Balaban J connectivity index is 3.17. The van der Waals surface area contributed by atoms with Gasteiger partial charge in [-0.2, -0.15) is 0 Å². The van der Waals surface area contributed by atoms with Gasteiger partial charge >= 0.3 is 0 Å². The van der Waals surface area contributed by atoms with E-state index in [2.05, 4.69) is 5.32 Å². The molecule has 136 valence electrons. The summed E-state index contributed by atoms with van der Waals surface area (Å²) in [4.78, 5) is 14.1. The third kappa shape index (κ3) is 4.91. The number of methoxy groups -OCH3 is 1. The second kappa shape index (κ2) is 8.43. The summed E-state index contributed by atoms with van der Waals surface area (Å²) in [6.07, 6.45) is -0.300. The maximum atomic E-state index is 12.3. The number of carbonyl (C=O) groups excluding carboxylic acids is 1. The highest BCUT2D eigenvalue weighted by Gasteiger charge is 2.20. The highest BCUT2D eigenvalue weighted by Crippen LogP contribution is 2.28. The van der Waals surface area contributed by atoms with Gasteiger partial charge in [0.05, 0.1) is 28.8 Å². The van der Waals surface area contributed by atoms with E-state index in [4.69, 9.17) is 10.5 Å². The summed E-state index contributed by atoms with van der Waals surface area (Å²) in [5.74, 6) is -0.296. The lowest BCUT2D eigenvalue weighted by Gasteiger charge is -2.21. The van der Waals surface area contributed by atoms with E-state index >= 15 is 0 Å². The standard InChI is InChI=1S/C15H26N4O4S/c1-18(2)14-7-6-12(24(21,22)19(3)4)9-13(14)17-15(20)8-11(10-16)23-5/h6-7,9,11H,8,10,16H2,1-5H3,(H,17,20). The topological polar surface area (TPSA) is 105 Å². The Labute approximate surface area is 143 Å². The van der Waals surface area contributed by atoms with Crippen LogP contribution in [0.5, 0.6) is 0 Å². The van der Waals surface area contributed by atoms with Crippen molar-refractivity contribution in [2.24, 2.45) is 5.73 Å². The van der Waals surface area contributed by atoms with Crippen molar-refractivity contribution in [3.63, 3.8) is 0 Å². The number of carbonyl (C=O) groups is 1. The number of anilines is 2. The van der Waals surface area contributed by atoms with Crippen LogP contribution in [0.2, 0.25) is 0 Å². The Morgan fingerprint density at radius 3 is 2.38 bits per heavy atom. The van der Waals surface area contributed by atoms with Gasteiger partial charge in [0.25, 0.3) is 0 Å². The highest BCUT2D eigenvalue weighted by molar-refractivity contribution is 7.89. The molecule has 0 aliphatic rings. The van der Waals surface area contributed by atoms with Crippen molar-refractivity contribution in [1.29, 1.82) is 0 Å². The number of hydrogen-bond donors (Lipinski definition) is 2. The van der Waals surface area contributed by atoms with Gasteiger partial charge < -0.3 is 20.7 Å². The van der Waals surface area contributed by atoms with Crippen LogP contribution in [0.3, 0.4) is 0 Å². The van der Waals surface area contributed by atoms with Crippen molar-refractivity contribution in [3.05, 3.63) is 18.2 Å². The zero-order valence-electron chi connectivity index (χ0n) is 14.7. The van der Waals surface area contributed by atoms with Crippen LogP contribution in [0.4, 0.5) is 11.4 Å². The van der Waals surface area contributed by atoms with Gasteiger partial charge in [-0.3, -0.25) is 4.79 Å². The molecule has 0 saturated carbocycles. The molecule has 1 amide bonds. The molecule has 0 saturated heterocycles. The number of amides is 1. The quantitative estimate of drug-likeness (QED) is 0.693. The Morgan fingerprint density at radius 2 is 1.92 bits per heavy atom. The molecule has 0 bridgehead atoms. The number of nitrogens with one attached hydrogen (secondary N) is 1. The van der Waals surface area contributed by atoms with E-state index in [0.717, 1.165) is 4.31 Å². The van der Waals surface area contributed by atoms with E-state index in [-0.39, 0.29) is 29.9 Å². The number of ether oxygens (including phenoxy) is 1. The van der Waals surface area contributed by atoms with E-state index in [9.17, 15) is 13.2 Å². The number of nitrogens with two attached hydrogens (primary N) is 1. The maximum Gasteiger partial charge on any atom is 0.242 e. The van der Waals surface area contributed by atoms with Gasteiger partial charge in [0.1, 0.15) is 0 Å². The van der Waals surface area contributed by atoms with Crippen LogP contribution in [0.15, 0.2) is 23.1 Å². The van der Waals surface area contributed by atoms with Crippen molar-refractivity contribution >= 4 is 27.3 Å². The predicted octanol–water partition coefficient (Wildman–Crippen LogP) is 0.305. The van der Waals surface area contributed by atoms with Crippen molar-refractivity contribution in [2.75, 3.05) is 52.1 Å². The van der Waals surface area contributed by atoms with E-state index in [1.165, 1.54) is 33.3 Å². The summed E-state index contributed by atoms with van der Waals surface area (Å²) in [5, 5.41) is 2.74. The minimum Gasteiger partial charge on any atom is -0.380 e. The third-order valence-corrected chi connectivity index (χ3v) is 5.32. The van der Waals surface area contributed by atoms with Gasteiger partial charge in [0.2, 0.25) is 15.9 Å². The first-order valence-electron chi connectivity index (χ1n) is 7.40. The van der Waals surface area contributed by atoms with Crippen LogP contribution in [0, 0.1) is 0 Å². The molecule has 0 heterocycles. The smallest absolute Gasteiger partial charge is 0.242 e. The fourth-order valence-corrected chi connectivity index (χ4v) is 2.98. The third-order valence-electron chi connectivity index (χ3n) is 3.51. The minimum atomic E-state index is -3.59. The summed E-state index contributed by atoms with van der Waals surface area (Å²) in [7, 11) is 4.42. The van der Waals surface area contributed by atoms with Crippen LogP contribution in [-0.2, 0) is 19.6 Å². The van der Waals surface area contributed by atoms with E-state index in [1.54, 1.807) is 11.0 Å². The predicted molar refractivity (Wildman–Crippen MR) is 94.7 cm³/mol. The summed E-state index contributed by atoms with van der Waals surface area (Å²) in [6.45, 7) is 0.222. The molecule has 9 heteroatoms. The first-order valence-corrected chi connectivity index (χ1v) is 8.84. The van der Waals surface area contributed by atoms with Crippen molar-refractivity contribution in [3.8, 4) is 0 Å². The molecule has 8 nitrogen and oxygen atoms in total. The number of rotatable bonds is 8. The molecule has 0 fully saturated rings. The van der Waals surface area contributed by atoms with Gasteiger partial charge in [0, 0.05) is 41.8 Å². The van der Waals surface area contributed by atoms with Gasteiger partial charge in [-0.25, -0.2) is 12.7 Å². The number of sulfonamides is 1. The van der Waals surface area contributed by atoms with Crippen LogP contribution in [0.25, 0.3) is 0 Å². The molecular weight excluding hydrogens is 332 g/mol. The van der Waals surface area contributed by atoms with E-state index < -0.39 is 10.0 Å². The average molecular weight is 358 g/mol. The van der Waals surface area contributed by atoms with E-state index in [1.807, 2.05) is 14.1 Å². The van der Waals surface area contributed by atoms with Crippen LogP contribution in [0.1, 0.15) is 6.42 Å². The average Bonchev–Trinajstić information content (AvgIpc) is 2.51. The lowest BCUT2D eigenvalue weighted by Crippen LogP contribution is -2.28. The molecule has 1 rings (SSSR count). The Bertz CT molecular complexity index is 670. The molecule has 1 aromatic carbocycles. The zero-order valence-corrected chi connectivity index (χ0v) is 15.6. The molecule has 1 aromatic rings. The molecule has 24 heavy (non-hydrogen) atoms. The fourth-order valence-electron chi connectivity index (χ4n) is 2.05. The SMILES string of the molecule is COC(CN)CC(=O)Nc1cc(S(=O)(=O)N(C)C)ccc1N(C)C. The normalized spacial score (nSPS) is 13.0. The molecular formula is C15H26N4O4S. The minimum absolute atomic E-state index is 0.0878. The van der Waals surface area contributed by atoms with Gasteiger partial charge in [-0.15, -0.1) is 0 Å². The first-order chi connectivity index (χ1) is 11.1. The summed E-state index contributed by atoms with van der Waals surface area (Å²) in [5.41, 5.74) is 6.63. The lowest BCUT2D eigenvalue weighted by molar-refractivity contribution is -0.118. The van der Waals surface area contributed by atoms with Gasteiger partial charge in [-0.05, 0) is 18.2 Å². The maximum absolute atomic E-state index is 12.3. The summed E-state index contributed by atoms with van der Waals surface area (Å²) in [6, 6.07) is 4.62. The Morgan fingerprint density at radius 1 is 1.29 bits per heavy atom. The molecule has 0 aliphatic carbocycles. The van der Waals surface area contributed by atoms with Crippen LogP contribution in [-0.4, -0.2) is 66.6 Å². The molecule has 1 atom stereocenters. The molecule has 0 aromatic heterocycles. The van der Waals surface area contributed by atoms with Gasteiger partial charge in [-0.1, -0.05) is 0 Å². The molecule has 0 aliphatic heterocycles. The fraction of sp³-hybridized carbons (Fsp3) is 0.533. The van der Waals surface area contributed by atoms with Crippen molar-refractivity contribution in [2.45, 2.75) is 17.4 Å². The highest BCUT2D eigenvalue weighted by atomic mass is 32.2. The number of nitrogens with zero attached hydrogens (tertiary/aromatic N) is 2. The van der Waals surface area contributed by atoms with Gasteiger partial charge in [0.15, 0.2) is 0 Å². The van der Waals surface area contributed by atoms with Crippen molar-refractivity contribution in [1.82, 2.24) is 4.31 Å². The monoisotopic (exact) mass is 358 g/mol.